The predicted octanol–water partition coefficient (Wildman–Crippen LogP) is 1.55. The second-order valence-electron chi connectivity index (χ2n) is 3.87. The summed E-state index contributed by atoms with van der Waals surface area (Å²) in [5.41, 5.74) is 6.14. The van der Waals surface area contributed by atoms with Crippen LogP contribution < -0.4 is 5.73 Å². The van der Waals surface area contributed by atoms with Crippen LogP contribution in [0.25, 0.3) is 5.57 Å². The minimum atomic E-state index is -3.49. The molecule has 0 bridgehead atoms. The van der Waals surface area contributed by atoms with Crippen LogP contribution in [0.5, 0.6) is 0 Å². The van der Waals surface area contributed by atoms with Gasteiger partial charge in [0.25, 0.3) is 0 Å². The van der Waals surface area contributed by atoms with Gasteiger partial charge in [0, 0.05) is 11.0 Å². The Labute approximate surface area is 93.7 Å². The van der Waals surface area contributed by atoms with Crippen molar-refractivity contribution in [3.05, 3.63) is 35.0 Å². The number of fused-ring (bicyclic) bond motifs is 1. The summed E-state index contributed by atoms with van der Waals surface area (Å²) in [6, 6.07) is 4.08. The highest BCUT2D eigenvalue weighted by atomic mass is 32.2. The van der Waals surface area contributed by atoms with E-state index in [-0.39, 0.29) is 22.9 Å². The first-order valence-corrected chi connectivity index (χ1v) is 6.47. The molecular formula is C11H12FNO2S. The van der Waals surface area contributed by atoms with Crippen LogP contribution in [-0.4, -0.2) is 15.0 Å². The molecule has 86 valence electrons. The molecule has 0 saturated carbocycles. The Balaban J connectivity index is 2.72. The van der Waals surface area contributed by atoms with Crippen LogP contribution in [-0.2, 0) is 9.84 Å². The molecule has 16 heavy (non-hydrogen) atoms. The van der Waals surface area contributed by atoms with Gasteiger partial charge in [-0.1, -0.05) is 13.0 Å². The molecule has 0 saturated heterocycles. The van der Waals surface area contributed by atoms with E-state index in [9.17, 15) is 12.8 Å². The summed E-state index contributed by atoms with van der Waals surface area (Å²) in [7, 11) is -3.49. The molecule has 0 aliphatic carbocycles. The molecule has 1 aliphatic rings. The number of nitrogens with two attached hydrogens (primary N) is 1. The zero-order valence-electron chi connectivity index (χ0n) is 8.77. The summed E-state index contributed by atoms with van der Waals surface area (Å²) in [5.74, 6) is -0.682. The summed E-state index contributed by atoms with van der Waals surface area (Å²) in [5, 5.41) is 1.12. The normalized spacial score (nSPS) is 19.1. The van der Waals surface area contributed by atoms with Crippen molar-refractivity contribution in [1.82, 2.24) is 0 Å². The van der Waals surface area contributed by atoms with Gasteiger partial charge in [0.1, 0.15) is 5.82 Å². The zero-order valence-corrected chi connectivity index (χ0v) is 9.59. The minimum absolute atomic E-state index is 0.0443. The molecule has 1 aliphatic heterocycles. The molecule has 5 heteroatoms. The van der Waals surface area contributed by atoms with E-state index in [2.05, 4.69) is 0 Å². The molecule has 2 N–H and O–H groups in total. The highest BCUT2D eigenvalue weighted by Crippen LogP contribution is 2.38. The maximum absolute atomic E-state index is 13.6. The first kappa shape index (κ1) is 11.3. The lowest BCUT2D eigenvalue weighted by atomic mass is 9.95. The number of rotatable bonds is 2. The van der Waals surface area contributed by atoms with Crippen molar-refractivity contribution in [2.75, 3.05) is 6.54 Å². The molecule has 2 rings (SSSR count). The van der Waals surface area contributed by atoms with Gasteiger partial charge >= 0.3 is 0 Å². The average molecular weight is 241 g/mol. The summed E-state index contributed by atoms with van der Waals surface area (Å²) in [6.07, 6.45) is 0. The lowest BCUT2D eigenvalue weighted by Gasteiger charge is -2.11. The topological polar surface area (TPSA) is 60.2 Å². The first-order valence-electron chi connectivity index (χ1n) is 4.93. The highest BCUT2D eigenvalue weighted by molar-refractivity contribution is 7.95. The Bertz CT molecular complexity index is 563. The fraction of sp³-hybridized carbons (Fsp3) is 0.273. The van der Waals surface area contributed by atoms with Crippen molar-refractivity contribution in [3.63, 3.8) is 0 Å². The number of halogens is 1. The van der Waals surface area contributed by atoms with Gasteiger partial charge in [0.15, 0.2) is 0 Å². The van der Waals surface area contributed by atoms with Crippen LogP contribution in [0.15, 0.2) is 28.5 Å². The molecule has 0 amide bonds. The fourth-order valence-electron chi connectivity index (χ4n) is 1.80. The van der Waals surface area contributed by atoms with Crippen molar-refractivity contribution >= 4 is 15.4 Å². The number of sulfone groups is 1. The smallest absolute Gasteiger partial charge is 0.200 e. The predicted molar refractivity (Wildman–Crippen MR) is 59.8 cm³/mol. The highest BCUT2D eigenvalue weighted by Gasteiger charge is 2.31. The molecular weight excluding hydrogens is 229 g/mol. The maximum Gasteiger partial charge on any atom is 0.200 e. The Kier molecular flexibility index (Phi) is 2.59. The van der Waals surface area contributed by atoms with Crippen LogP contribution >= 0.6 is 0 Å². The van der Waals surface area contributed by atoms with Gasteiger partial charge in [-0.3, -0.25) is 0 Å². The van der Waals surface area contributed by atoms with E-state index in [4.69, 9.17) is 5.73 Å². The minimum Gasteiger partial charge on any atom is -0.330 e. The summed E-state index contributed by atoms with van der Waals surface area (Å²) < 4.78 is 37.1. The van der Waals surface area contributed by atoms with Crippen molar-refractivity contribution in [1.29, 1.82) is 0 Å². The van der Waals surface area contributed by atoms with Gasteiger partial charge in [-0.2, -0.15) is 0 Å². The largest absolute Gasteiger partial charge is 0.330 e. The molecule has 0 fully saturated rings. The quantitative estimate of drug-likeness (QED) is 0.854. The third-order valence-corrected chi connectivity index (χ3v) is 4.25. The van der Waals surface area contributed by atoms with E-state index in [1.54, 1.807) is 6.92 Å². The average Bonchev–Trinajstić information content (AvgIpc) is 2.52. The van der Waals surface area contributed by atoms with Gasteiger partial charge in [0.05, 0.1) is 4.90 Å². The van der Waals surface area contributed by atoms with Gasteiger partial charge in [-0.25, -0.2) is 12.8 Å². The molecule has 1 unspecified atom stereocenters. The monoisotopic (exact) mass is 241 g/mol. The van der Waals surface area contributed by atoms with Crippen LogP contribution in [0, 0.1) is 11.7 Å². The number of hydrogen-bond donors (Lipinski definition) is 1. The second-order valence-corrected chi connectivity index (χ2v) is 5.63. The summed E-state index contributed by atoms with van der Waals surface area (Å²) >= 11 is 0. The van der Waals surface area contributed by atoms with Crippen molar-refractivity contribution in [2.24, 2.45) is 11.7 Å². The third-order valence-electron chi connectivity index (χ3n) is 2.74. The molecule has 3 nitrogen and oxygen atoms in total. The van der Waals surface area contributed by atoms with Crippen molar-refractivity contribution in [2.45, 2.75) is 11.8 Å². The Hall–Kier alpha value is -1.20. The Morgan fingerprint density at radius 3 is 2.75 bits per heavy atom. The summed E-state index contributed by atoms with van der Waals surface area (Å²) in [6.45, 7) is 2.07. The van der Waals surface area contributed by atoms with E-state index >= 15 is 0 Å². The molecule has 0 spiro atoms. The molecule has 0 aromatic heterocycles. The van der Waals surface area contributed by atoms with Gasteiger partial charge in [0.2, 0.25) is 9.84 Å². The second kappa shape index (κ2) is 3.68. The number of benzene rings is 1. The van der Waals surface area contributed by atoms with Crippen LogP contribution in [0.2, 0.25) is 0 Å². The lowest BCUT2D eigenvalue weighted by Crippen LogP contribution is -2.12. The van der Waals surface area contributed by atoms with Crippen LogP contribution in [0.4, 0.5) is 4.39 Å². The third kappa shape index (κ3) is 1.56. The number of hydrogen-bond acceptors (Lipinski definition) is 3. The van der Waals surface area contributed by atoms with E-state index in [1.165, 1.54) is 18.2 Å². The molecule has 1 heterocycles. The van der Waals surface area contributed by atoms with E-state index in [0.29, 0.717) is 5.57 Å². The molecule has 1 atom stereocenters. The van der Waals surface area contributed by atoms with Gasteiger partial charge < -0.3 is 5.73 Å². The Morgan fingerprint density at radius 1 is 1.44 bits per heavy atom. The van der Waals surface area contributed by atoms with Crippen molar-refractivity contribution in [3.8, 4) is 0 Å². The van der Waals surface area contributed by atoms with Crippen LogP contribution in [0.3, 0.4) is 0 Å². The summed E-state index contributed by atoms with van der Waals surface area (Å²) in [4.78, 5) is 0.0443. The van der Waals surface area contributed by atoms with Gasteiger partial charge in [-0.15, -0.1) is 0 Å². The van der Waals surface area contributed by atoms with E-state index < -0.39 is 15.7 Å². The standard InChI is InChI=1S/C11H12FNO2S/c1-7(5-13)8-6-16(14,15)10-4-2-3-9(12)11(8)10/h2-4,6-7H,5,13H2,1H3. The maximum atomic E-state index is 13.6. The molecule has 1 aromatic rings. The lowest BCUT2D eigenvalue weighted by molar-refractivity contribution is 0.598. The fourth-order valence-corrected chi connectivity index (χ4v) is 3.38. The van der Waals surface area contributed by atoms with Crippen molar-refractivity contribution < 1.29 is 12.8 Å². The SMILES string of the molecule is CC(CN)C1=CS(=O)(=O)c2cccc(F)c21. The first-order chi connectivity index (χ1) is 7.47. The van der Waals surface area contributed by atoms with E-state index in [0.717, 1.165) is 5.41 Å². The van der Waals surface area contributed by atoms with E-state index in [1.807, 2.05) is 0 Å². The Morgan fingerprint density at radius 2 is 2.12 bits per heavy atom. The molecule has 1 aromatic carbocycles. The zero-order chi connectivity index (χ0) is 11.9. The van der Waals surface area contributed by atoms with Crippen LogP contribution in [0.1, 0.15) is 12.5 Å². The van der Waals surface area contributed by atoms with Gasteiger partial charge in [-0.05, 0) is 30.2 Å². The molecule has 0 radical (unpaired) electrons.